The van der Waals surface area contributed by atoms with Crippen LogP contribution in [0.5, 0.6) is 5.75 Å². The van der Waals surface area contributed by atoms with E-state index in [9.17, 15) is 0 Å². The van der Waals surface area contributed by atoms with Crippen molar-refractivity contribution in [3.63, 3.8) is 0 Å². The summed E-state index contributed by atoms with van der Waals surface area (Å²) in [5, 5.41) is 9.73. The Labute approximate surface area is 138 Å². The lowest BCUT2D eigenvalue weighted by atomic mass is 10.3. The first-order valence-electron chi connectivity index (χ1n) is 6.72. The van der Waals surface area contributed by atoms with Gasteiger partial charge in [0.25, 0.3) is 5.22 Å². The largest absolute Gasteiger partial charge is 0.492 e. The van der Waals surface area contributed by atoms with E-state index >= 15 is 0 Å². The van der Waals surface area contributed by atoms with Gasteiger partial charge in [0.15, 0.2) is 0 Å². The van der Waals surface area contributed by atoms with Crippen molar-refractivity contribution in [3.05, 3.63) is 34.1 Å². The molecule has 0 aliphatic rings. The molecule has 1 aromatic carbocycles. The Morgan fingerprint density at radius 2 is 2.14 bits per heavy atom. The SMILES string of the molecule is CCCSc1nnc(CCCOc2ccc(Cl)cc2Cl)o1. The second-order valence-corrected chi connectivity index (χ2v) is 6.23. The number of ether oxygens (including phenoxy) is 1. The number of hydrogen-bond donors (Lipinski definition) is 0. The molecule has 0 aliphatic carbocycles. The molecule has 1 aromatic heterocycles. The van der Waals surface area contributed by atoms with Crippen molar-refractivity contribution >= 4 is 35.0 Å². The van der Waals surface area contributed by atoms with Crippen LogP contribution in [0.4, 0.5) is 0 Å². The van der Waals surface area contributed by atoms with Gasteiger partial charge in [-0.15, -0.1) is 10.2 Å². The fourth-order valence-electron chi connectivity index (χ4n) is 1.58. The van der Waals surface area contributed by atoms with Crippen LogP contribution in [0.15, 0.2) is 27.8 Å². The van der Waals surface area contributed by atoms with E-state index in [2.05, 4.69) is 17.1 Å². The molecule has 0 spiro atoms. The fourth-order valence-corrected chi connectivity index (χ4v) is 2.68. The maximum absolute atomic E-state index is 6.02. The summed E-state index contributed by atoms with van der Waals surface area (Å²) in [5.41, 5.74) is 0. The molecular formula is C14H16Cl2N2O2S. The molecule has 0 radical (unpaired) electrons. The molecule has 0 saturated heterocycles. The lowest BCUT2D eigenvalue weighted by Crippen LogP contribution is -2.00. The van der Waals surface area contributed by atoms with E-state index in [0.717, 1.165) is 18.6 Å². The van der Waals surface area contributed by atoms with E-state index < -0.39 is 0 Å². The summed E-state index contributed by atoms with van der Waals surface area (Å²) in [6, 6.07) is 5.17. The van der Waals surface area contributed by atoms with Crippen LogP contribution in [-0.4, -0.2) is 22.6 Å². The van der Waals surface area contributed by atoms with E-state index in [1.165, 1.54) is 0 Å². The van der Waals surface area contributed by atoms with Crippen molar-refractivity contribution in [3.8, 4) is 5.75 Å². The van der Waals surface area contributed by atoms with Crippen molar-refractivity contribution < 1.29 is 9.15 Å². The number of hydrogen-bond acceptors (Lipinski definition) is 5. The van der Waals surface area contributed by atoms with Crippen molar-refractivity contribution in [2.45, 2.75) is 31.4 Å². The first kappa shape index (κ1) is 16.5. The highest BCUT2D eigenvalue weighted by atomic mass is 35.5. The lowest BCUT2D eigenvalue weighted by Gasteiger charge is -2.07. The van der Waals surface area contributed by atoms with Crippen LogP contribution in [0.1, 0.15) is 25.7 Å². The normalized spacial score (nSPS) is 10.8. The average molecular weight is 347 g/mol. The fraction of sp³-hybridized carbons (Fsp3) is 0.429. The first-order valence-corrected chi connectivity index (χ1v) is 8.46. The van der Waals surface area contributed by atoms with Crippen LogP contribution in [0.2, 0.25) is 10.0 Å². The van der Waals surface area contributed by atoms with Crippen molar-refractivity contribution in [1.82, 2.24) is 10.2 Å². The topological polar surface area (TPSA) is 48.2 Å². The Hall–Kier alpha value is -0.910. The molecule has 1 heterocycles. The molecule has 2 aromatic rings. The zero-order valence-electron chi connectivity index (χ0n) is 11.6. The predicted octanol–water partition coefficient (Wildman–Crippen LogP) is 4.89. The van der Waals surface area contributed by atoms with E-state index in [1.54, 1.807) is 30.0 Å². The third kappa shape index (κ3) is 5.41. The van der Waals surface area contributed by atoms with Crippen molar-refractivity contribution in [2.24, 2.45) is 0 Å². The third-order valence-corrected chi connectivity index (χ3v) is 4.12. The van der Waals surface area contributed by atoms with Gasteiger partial charge in [-0.25, -0.2) is 0 Å². The molecule has 0 N–H and O–H groups in total. The molecule has 0 atom stereocenters. The summed E-state index contributed by atoms with van der Waals surface area (Å²) in [5.74, 6) is 2.25. The summed E-state index contributed by atoms with van der Waals surface area (Å²) < 4.78 is 11.1. The van der Waals surface area contributed by atoms with E-state index in [-0.39, 0.29) is 0 Å². The van der Waals surface area contributed by atoms with Crippen LogP contribution < -0.4 is 4.74 Å². The average Bonchev–Trinajstić information content (AvgIpc) is 2.91. The predicted molar refractivity (Wildman–Crippen MR) is 85.6 cm³/mol. The minimum atomic E-state index is 0.513. The van der Waals surface area contributed by atoms with Gasteiger partial charge in [0.2, 0.25) is 5.89 Å². The highest BCUT2D eigenvalue weighted by Crippen LogP contribution is 2.27. The van der Waals surface area contributed by atoms with Gasteiger partial charge in [-0.2, -0.15) is 0 Å². The number of benzene rings is 1. The molecule has 21 heavy (non-hydrogen) atoms. The first-order chi connectivity index (χ1) is 10.2. The zero-order valence-corrected chi connectivity index (χ0v) is 14.0. The Balaban J connectivity index is 1.73. The summed E-state index contributed by atoms with van der Waals surface area (Å²) >= 11 is 13.4. The Kier molecular flexibility index (Phi) is 6.67. The summed E-state index contributed by atoms with van der Waals surface area (Å²) in [7, 11) is 0. The van der Waals surface area contributed by atoms with Gasteiger partial charge in [-0.3, -0.25) is 0 Å². The van der Waals surface area contributed by atoms with E-state index in [0.29, 0.717) is 39.9 Å². The second kappa shape index (κ2) is 8.51. The van der Waals surface area contributed by atoms with Crippen LogP contribution in [0.25, 0.3) is 0 Å². The number of nitrogens with zero attached hydrogens (tertiary/aromatic N) is 2. The third-order valence-electron chi connectivity index (χ3n) is 2.56. The minimum Gasteiger partial charge on any atom is -0.492 e. The van der Waals surface area contributed by atoms with Crippen LogP contribution >= 0.6 is 35.0 Å². The maximum Gasteiger partial charge on any atom is 0.276 e. The van der Waals surface area contributed by atoms with Crippen molar-refractivity contribution in [1.29, 1.82) is 0 Å². The van der Waals surface area contributed by atoms with Gasteiger partial charge in [0, 0.05) is 17.2 Å². The van der Waals surface area contributed by atoms with Gasteiger partial charge >= 0.3 is 0 Å². The highest BCUT2D eigenvalue weighted by Gasteiger charge is 2.07. The van der Waals surface area contributed by atoms with Gasteiger partial charge in [-0.1, -0.05) is 41.9 Å². The molecule has 0 bridgehead atoms. The van der Waals surface area contributed by atoms with Gasteiger partial charge in [0.1, 0.15) is 5.75 Å². The quantitative estimate of drug-likeness (QED) is 0.503. The maximum atomic E-state index is 6.02. The standard InChI is InChI=1S/C14H16Cl2N2O2S/c1-2-8-21-14-18-17-13(20-14)4-3-7-19-12-6-5-10(15)9-11(12)16/h5-6,9H,2-4,7-8H2,1H3. The molecule has 0 fully saturated rings. The molecule has 0 aliphatic heterocycles. The Morgan fingerprint density at radius 1 is 1.29 bits per heavy atom. The summed E-state index contributed by atoms with van der Waals surface area (Å²) in [6.45, 7) is 2.64. The van der Waals surface area contributed by atoms with Gasteiger partial charge in [0.05, 0.1) is 11.6 Å². The Morgan fingerprint density at radius 3 is 2.90 bits per heavy atom. The molecule has 2 rings (SSSR count). The molecular weight excluding hydrogens is 331 g/mol. The molecule has 0 unspecified atom stereocenters. The Bertz CT molecular complexity index is 578. The van der Waals surface area contributed by atoms with Crippen molar-refractivity contribution in [2.75, 3.05) is 12.4 Å². The van der Waals surface area contributed by atoms with Gasteiger partial charge < -0.3 is 9.15 Å². The second-order valence-electron chi connectivity index (χ2n) is 4.34. The monoisotopic (exact) mass is 346 g/mol. The smallest absolute Gasteiger partial charge is 0.276 e. The zero-order chi connectivity index (χ0) is 15.1. The minimum absolute atomic E-state index is 0.513. The molecule has 4 nitrogen and oxygen atoms in total. The van der Waals surface area contributed by atoms with Gasteiger partial charge in [-0.05, 0) is 31.0 Å². The number of rotatable bonds is 8. The van der Waals surface area contributed by atoms with Crippen LogP contribution in [0, 0.1) is 0 Å². The molecule has 0 amide bonds. The van der Waals surface area contributed by atoms with Crippen LogP contribution in [-0.2, 0) is 6.42 Å². The number of aryl methyl sites for hydroxylation is 1. The molecule has 0 saturated carbocycles. The van der Waals surface area contributed by atoms with Crippen LogP contribution in [0.3, 0.4) is 0 Å². The number of halogens is 2. The number of aromatic nitrogens is 2. The van der Waals surface area contributed by atoms with E-state index in [1.807, 2.05) is 0 Å². The number of thioether (sulfide) groups is 1. The summed E-state index contributed by atoms with van der Waals surface area (Å²) in [4.78, 5) is 0. The molecule has 114 valence electrons. The summed E-state index contributed by atoms with van der Waals surface area (Å²) in [6.07, 6.45) is 2.54. The lowest BCUT2D eigenvalue weighted by molar-refractivity contribution is 0.302. The highest BCUT2D eigenvalue weighted by molar-refractivity contribution is 7.99. The van der Waals surface area contributed by atoms with E-state index in [4.69, 9.17) is 32.4 Å². The molecule has 7 heteroatoms.